The first-order valence-corrected chi connectivity index (χ1v) is 8.58. The van der Waals surface area contributed by atoms with Gasteiger partial charge in [-0.25, -0.2) is 9.07 Å². The Balaban J connectivity index is 1.66. The summed E-state index contributed by atoms with van der Waals surface area (Å²) in [6, 6.07) is 15.2. The lowest BCUT2D eigenvalue weighted by molar-refractivity contribution is 0.102. The lowest BCUT2D eigenvalue weighted by Gasteiger charge is -2.06. The van der Waals surface area contributed by atoms with Crippen molar-refractivity contribution in [3.8, 4) is 5.69 Å². The number of benzene rings is 2. The van der Waals surface area contributed by atoms with E-state index in [1.807, 2.05) is 30.3 Å². The normalized spacial score (nSPS) is 10.9. The molecule has 1 amide bonds. The summed E-state index contributed by atoms with van der Waals surface area (Å²) in [5.41, 5.74) is 2.69. The minimum absolute atomic E-state index is 0.158. The van der Waals surface area contributed by atoms with Crippen LogP contribution in [0.5, 0.6) is 0 Å². The fourth-order valence-corrected chi connectivity index (χ4v) is 3.20. The summed E-state index contributed by atoms with van der Waals surface area (Å²) in [6.45, 7) is 1.69. The van der Waals surface area contributed by atoms with E-state index in [9.17, 15) is 9.18 Å². The van der Waals surface area contributed by atoms with Crippen LogP contribution in [0.3, 0.4) is 0 Å². The van der Waals surface area contributed by atoms with Crippen molar-refractivity contribution in [1.82, 2.24) is 14.8 Å². The van der Waals surface area contributed by atoms with E-state index in [1.165, 1.54) is 16.8 Å². The molecule has 27 heavy (non-hydrogen) atoms. The Bertz CT molecular complexity index is 1150. The zero-order valence-corrected chi connectivity index (χ0v) is 15.0. The molecule has 0 aliphatic rings. The molecule has 2 heterocycles. The number of rotatable bonds is 3. The highest BCUT2D eigenvalue weighted by Crippen LogP contribution is 2.25. The molecule has 5 nitrogen and oxygen atoms in total. The molecule has 4 rings (SSSR count). The maximum Gasteiger partial charge on any atom is 0.260 e. The molecule has 2 aromatic heterocycles. The van der Waals surface area contributed by atoms with E-state index in [0.717, 1.165) is 10.9 Å². The molecule has 134 valence electrons. The number of nitrogens with zero attached hydrogens (tertiary/aromatic N) is 3. The van der Waals surface area contributed by atoms with Gasteiger partial charge in [-0.15, -0.1) is 0 Å². The van der Waals surface area contributed by atoms with Gasteiger partial charge in [0.1, 0.15) is 16.5 Å². The van der Waals surface area contributed by atoms with E-state index in [-0.39, 0.29) is 22.4 Å². The zero-order chi connectivity index (χ0) is 19.0. The average molecular weight is 381 g/mol. The van der Waals surface area contributed by atoms with E-state index >= 15 is 0 Å². The van der Waals surface area contributed by atoms with Gasteiger partial charge >= 0.3 is 0 Å². The van der Waals surface area contributed by atoms with Crippen LogP contribution < -0.4 is 5.32 Å². The molecule has 0 radical (unpaired) electrons. The van der Waals surface area contributed by atoms with Gasteiger partial charge in [0.05, 0.1) is 28.8 Å². The number of hydrogen-bond acceptors (Lipinski definition) is 3. The Kier molecular flexibility index (Phi) is 4.33. The van der Waals surface area contributed by atoms with Crippen molar-refractivity contribution in [1.29, 1.82) is 0 Å². The van der Waals surface area contributed by atoms with Crippen molar-refractivity contribution >= 4 is 34.1 Å². The number of anilines is 1. The van der Waals surface area contributed by atoms with Crippen molar-refractivity contribution < 1.29 is 9.18 Å². The fraction of sp³-hybridized carbons (Fsp3) is 0.0500. The van der Waals surface area contributed by atoms with Gasteiger partial charge in [0.25, 0.3) is 5.91 Å². The number of halogens is 2. The molecule has 0 fully saturated rings. The number of aryl methyl sites for hydroxylation is 1. The zero-order valence-electron chi connectivity index (χ0n) is 14.3. The monoisotopic (exact) mass is 380 g/mol. The molecule has 0 unspecified atom stereocenters. The second-order valence-electron chi connectivity index (χ2n) is 6.01. The first-order valence-electron chi connectivity index (χ1n) is 8.20. The van der Waals surface area contributed by atoms with Crippen molar-refractivity contribution in [3.05, 3.63) is 83.0 Å². The van der Waals surface area contributed by atoms with Gasteiger partial charge in [-0.05, 0) is 43.3 Å². The van der Waals surface area contributed by atoms with E-state index in [1.54, 1.807) is 25.3 Å². The van der Waals surface area contributed by atoms with Crippen molar-refractivity contribution in [2.45, 2.75) is 6.92 Å². The van der Waals surface area contributed by atoms with Gasteiger partial charge in [-0.1, -0.05) is 29.8 Å². The summed E-state index contributed by atoms with van der Waals surface area (Å²) < 4.78 is 14.5. The Morgan fingerprint density at radius 2 is 1.89 bits per heavy atom. The van der Waals surface area contributed by atoms with Crippen LogP contribution in [0.2, 0.25) is 5.15 Å². The Morgan fingerprint density at radius 3 is 2.67 bits per heavy atom. The minimum atomic E-state index is -0.386. The number of carbonyl (C=O) groups excluding carboxylic acids is 1. The van der Waals surface area contributed by atoms with E-state index < -0.39 is 0 Å². The van der Waals surface area contributed by atoms with Crippen LogP contribution in [-0.2, 0) is 0 Å². The molecule has 2 aromatic carbocycles. The lowest BCUT2D eigenvalue weighted by atomic mass is 10.2. The number of fused-ring (bicyclic) bond motifs is 1. The van der Waals surface area contributed by atoms with E-state index in [0.29, 0.717) is 17.1 Å². The van der Waals surface area contributed by atoms with Crippen LogP contribution in [0.25, 0.3) is 16.6 Å². The number of aromatic nitrogens is 3. The fourth-order valence-electron chi connectivity index (χ4n) is 2.84. The molecule has 0 saturated carbocycles. The maximum absolute atomic E-state index is 13.1. The molecule has 7 heteroatoms. The molecule has 0 bridgehead atoms. The van der Waals surface area contributed by atoms with Gasteiger partial charge < -0.3 is 5.32 Å². The second kappa shape index (κ2) is 6.81. The van der Waals surface area contributed by atoms with Crippen LogP contribution in [0.15, 0.2) is 60.8 Å². The minimum Gasteiger partial charge on any atom is -0.320 e. The predicted molar refractivity (Wildman–Crippen MR) is 103 cm³/mol. The molecular formula is C20H14ClFN4O. The molecule has 4 aromatic rings. The Morgan fingerprint density at radius 1 is 1.15 bits per heavy atom. The van der Waals surface area contributed by atoms with Crippen LogP contribution in [0.1, 0.15) is 16.1 Å². The van der Waals surface area contributed by atoms with Crippen molar-refractivity contribution in [2.75, 3.05) is 5.32 Å². The highest BCUT2D eigenvalue weighted by Gasteiger charge is 2.21. The molecule has 0 spiro atoms. The van der Waals surface area contributed by atoms with Crippen LogP contribution in [0.4, 0.5) is 10.1 Å². The van der Waals surface area contributed by atoms with E-state index in [2.05, 4.69) is 15.4 Å². The topological polar surface area (TPSA) is 59.8 Å². The van der Waals surface area contributed by atoms with Gasteiger partial charge in [0.2, 0.25) is 0 Å². The van der Waals surface area contributed by atoms with Crippen molar-refractivity contribution in [2.24, 2.45) is 0 Å². The summed E-state index contributed by atoms with van der Waals surface area (Å²) in [5, 5.41) is 8.19. The first kappa shape index (κ1) is 17.2. The standard InChI is InChI=1S/C20H14ClFN4O/c1-12-18(19(21)26(25-12)16-8-6-14(22)7-9-16)20(27)24-15-10-13-4-2-3-5-17(13)23-11-15/h2-11H,1H3,(H,24,27). The largest absolute Gasteiger partial charge is 0.320 e. The Hall–Kier alpha value is -3.25. The number of hydrogen-bond donors (Lipinski definition) is 1. The smallest absolute Gasteiger partial charge is 0.260 e. The summed E-state index contributed by atoms with van der Waals surface area (Å²) in [5.74, 6) is -0.747. The van der Waals surface area contributed by atoms with Gasteiger partial charge in [-0.2, -0.15) is 5.10 Å². The van der Waals surface area contributed by atoms with Gasteiger partial charge in [0, 0.05) is 5.39 Å². The lowest BCUT2D eigenvalue weighted by Crippen LogP contribution is -2.13. The van der Waals surface area contributed by atoms with E-state index in [4.69, 9.17) is 11.6 Å². The summed E-state index contributed by atoms with van der Waals surface area (Å²) >= 11 is 6.39. The Labute approximate surface area is 159 Å². The van der Waals surface area contributed by atoms with Crippen LogP contribution >= 0.6 is 11.6 Å². The number of nitrogens with one attached hydrogen (secondary N) is 1. The van der Waals surface area contributed by atoms with Crippen LogP contribution in [-0.4, -0.2) is 20.7 Å². The third-order valence-corrected chi connectivity index (χ3v) is 4.50. The number of pyridine rings is 1. The number of para-hydroxylation sites is 1. The molecular weight excluding hydrogens is 367 g/mol. The highest BCUT2D eigenvalue weighted by atomic mass is 35.5. The van der Waals surface area contributed by atoms with Crippen molar-refractivity contribution in [3.63, 3.8) is 0 Å². The first-order chi connectivity index (χ1) is 13.0. The van der Waals surface area contributed by atoms with Gasteiger partial charge in [0.15, 0.2) is 0 Å². The highest BCUT2D eigenvalue weighted by molar-refractivity contribution is 6.34. The average Bonchev–Trinajstić information content (AvgIpc) is 2.96. The summed E-state index contributed by atoms with van der Waals surface area (Å²) in [6.07, 6.45) is 1.59. The predicted octanol–water partition coefficient (Wildman–Crippen LogP) is 4.77. The molecule has 0 aliphatic heterocycles. The quantitative estimate of drug-likeness (QED) is 0.556. The third-order valence-electron chi connectivity index (χ3n) is 4.15. The SMILES string of the molecule is Cc1nn(-c2ccc(F)cc2)c(Cl)c1C(=O)Nc1cnc2ccccc2c1. The van der Waals surface area contributed by atoms with Crippen LogP contribution in [0, 0.1) is 12.7 Å². The third kappa shape index (κ3) is 3.27. The molecule has 1 N–H and O–H groups in total. The molecule has 0 aliphatic carbocycles. The molecule has 0 saturated heterocycles. The molecule has 0 atom stereocenters. The summed E-state index contributed by atoms with van der Waals surface area (Å²) in [7, 11) is 0. The number of carbonyl (C=O) groups is 1. The van der Waals surface area contributed by atoms with Gasteiger partial charge in [-0.3, -0.25) is 9.78 Å². The maximum atomic E-state index is 13.1. The summed E-state index contributed by atoms with van der Waals surface area (Å²) in [4.78, 5) is 17.1. The number of amides is 1. The second-order valence-corrected chi connectivity index (χ2v) is 6.37.